The van der Waals surface area contributed by atoms with Crippen molar-refractivity contribution in [3.05, 3.63) is 47.7 Å². The molecule has 0 bridgehead atoms. The lowest BCUT2D eigenvalue weighted by atomic mass is 9.94. The zero-order chi connectivity index (χ0) is 11.4. The molecule has 0 aliphatic carbocycles. The third-order valence-electron chi connectivity index (χ3n) is 2.84. The largest absolute Gasteiger partial charge is 0.294 e. The first-order valence-electron chi connectivity index (χ1n) is 5.61. The second-order valence-electron chi connectivity index (χ2n) is 4.00. The van der Waals surface area contributed by atoms with E-state index in [-0.39, 0.29) is 11.7 Å². The van der Waals surface area contributed by atoms with Gasteiger partial charge in [-0.2, -0.15) is 0 Å². The van der Waals surface area contributed by atoms with Crippen molar-refractivity contribution in [2.45, 2.75) is 19.8 Å². The van der Waals surface area contributed by atoms with E-state index < -0.39 is 0 Å². The van der Waals surface area contributed by atoms with Gasteiger partial charge in [0.2, 0.25) is 0 Å². The average Bonchev–Trinajstić information content (AvgIpc) is 2.33. The third-order valence-corrected chi connectivity index (χ3v) is 2.84. The SMILES string of the molecule is CCc1ccc(CC2C=NC=CC2=O)cc1. The fourth-order valence-corrected chi connectivity index (χ4v) is 1.79. The molecule has 16 heavy (non-hydrogen) atoms. The van der Waals surface area contributed by atoms with E-state index in [2.05, 4.69) is 36.2 Å². The minimum atomic E-state index is -0.0857. The summed E-state index contributed by atoms with van der Waals surface area (Å²) in [5, 5.41) is 0. The highest BCUT2D eigenvalue weighted by atomic mass is 16.1. The number of hydrogen-bond donors (Lipinski definition) is 0. The van der Waals surface area contributed by atoms with E-state index >= 15 is 0 Å². The van der Waals surface area contributed by atoms with E-state index in [4.69, 9.17) is 0 Å². The lowest BCUT2D eigenvalue weighted by Crippen LogP contribution is -2.18. The molecule has 2 heteroatoms. The zero-order valence-corrected chi connectivity index (χ0v) is 9.39. The van der Waals surface area contributed by atoms with Gasteiger partial charge in [0, 0.05) is 18.5 Å². The molecule has 1 atom stereocenters. The van der Waals surface area contributed by atoms with Crippen LogP contribution in [-0.2, 0) is 17.6 Å². The number of ketones is 1. The molecule has 0 N–H and O–H groups in total. The molecular weight excluding hydrogens is 198 g/mol. The van der Waals surface area contributed by atoms with Crippen LogP contribution in [0.2, 0.25) is 0 Å². The van der Waals surface area contributed by atoms with E-state index in [1.807, 2.05) is 0 Å². The summed E-state index contributed by atoms with van der Waals surface area (Å²) in [6.45, 7) is 2.14. The summed E-state index contributed by atoms with van der Waals surface area (Å²) in [4.78, 5) is 15.6. The molecule has 1 aliphatic rings. The maximum atomic E-state index is 11.5. The van der Waals surface area contributed by atoms with Gasteiger partial charge in [-0.15, -0.1) is 0 Å². The fraction of sp³-hybridized carbons (Fsp3) is 0.286. The fourth-order valence-electron chi connectivity index (χ4n) is 1.79. The van der Waals surface area contributed by atoms with Crippen molar-refractivity contribution in [3.63, 3.8) is 0 Å². The molecular formula is C14H15NO. The first kappa shape index (κ1) is 10.8. The van der Waals surface area contributed by atoms with Crippen LogP contribution in [0.15, 0.2) is 41.5 Å². The summed E-state index contributed by atoms with van der Waals surface area (Å²) in [5.41, 5.74) is 2.52. The summed E-state index contributed by atoms with van der Waals surface area (Å²) < 4.78 is 0. The van der Waals surface area contributed by atoms with Gasteiger partial charge in [-0.1, -0.05) is 31.2 Å². The van der Waals surface area contributed by atoms with E-state index in [0.717, 1.165) is 12.8 Å². The van der Waals surface area contributed by atoms with Gasteiger partial charge in [0.15, 0.2) is 5.78 Å². The van der Waals surface area contributed by atoms with E-state index in [0.29, 0.717) is 0 Å². The van der Waals surface area contributed by atoms with Gasteiger partial charge in [0.25, 0.3) is 0 Å². The Kier molecular flexibility index (Phi) is 3.30. The molecule has 1 aromatic rings. The van der Waals surface area contributed by atoms with Crippen molar-refractivity contribution in [2.75, 3.05) is 0 Å². The highest BCUT2D eigenvalue weighted by Gasteiger charge is 2.16. The molecule has 1 aromatic carbocycles. The lowest BCUT2D eigenvalue weighted by Gasteiger charge is -2.11. The van der Waals surface area contributed by atoms with Gasteiger partial charge < -0.3 is 0 Å². The Bertz CT molecular complexity index is 429. The maximum Gasteiger partial charge on any atom is 0.165 e. The minimum Gasteiger partial charge on any atom is -0.294 e. The minimum absolute atomic E-state index is 0.0857. The Labute approximate surface area is 95.7 Å². The molecule has 0 radical (unpaired) electrons. The van der Waals surface area contributed by atoms with Gasteiger partial charge >= 0.3 is 0 Å². The van der Waals surface area contributed by atoms with Crippen LogP contribution in [0.4, 0.5) is 0 Å². The van der Waals surface area contributed by atoms with Crippen LogP contribution in [0.25, 0.3) is 0 Å². The van der Waals surface area contributed by atoms with Crippen LogP contribution in [0.1, 0.15) is 18.1 Å². The topological polar surface area (TPSA) is 29.4 Å². The van der Waals surface area contributed by atoms with Crippen LogP contribution >= 0.6 is 0 Å². The Hall–Kier alpha value is -1.70. The highest BCUT2D eigenvalue weighted by molar-refractivity contribution is 6.03. The molecule has 0 spiro atoms. The van der Waals surface area contributed by atoms with Crippen LogP contribution < -0.4 is 0 Å². The predicted octanol–water partition coefficient (Wildman–Crippen LogP) is 2.57. The monoisotopic (exact) mass is 213 g/mol. The average molecular weight is 213 g/mol. The number of carbonyl (C=O) groups excluding carboxylic acids is 1. The van der Waals surface area contributed by atoms with Gasteiger partial charge in [-0.3, -0.25) is 9.79 Å². The zero-order valence-electron chi connectivity index (χ0n) is 9.39. The molecule has 2 nitrogen and oxygen atoms in total. The van der Waals surface area contributed by atoms with Gasteiger partial charge in [-0.05, 0) is 24.0 Å². The maximum absolute atomic E-state index is 11.5. The van der Waals surface area contributed by atoms with Crippen molar-refractivity contribution in [1.29, 1.82) is 0 Å². The van der Waals surface area contributed by atoms with Crippen LogP contribution in [0, 0.1) is 5.92 Å². The van der Waals surface area contributed by atoms with Gasteiger partial charge in [-0.25, -0.2) is 0 Å². The first-order valence-corrected chi connectivity index (χ1v) is 5.61. The van der Waals surface area contributed by atoms with Crippen molar-refractivity contribution >= 4 is 12.0 Å². The molecule has 1 aliphatic heterocycles. The van der Waals surface area contributed by atoms with Crippen molar-refractivity contribution in [3.8, 4) is 0 Å². The molecule has 2 rings (SSSR count). The smallest absolute Gasteiger partial charge is 0.165 e. The quantitative estimate of drug-likeness (QED) is 0.758. The number of nitrogens with zero attached hydrogens (tertiary/aromatic N) is 1. The Morgan fingerprint density at radius 2 is 1.88 bits per heavy atom. The predicted molar refractivity (Wildman–Crippen MR) is 65.7 cm³/mol. The van der Waals surface area contributed by atoms with Gasteiger partial charge in [0.05, 0.1) is 5.92 Å². The molecule has 0 saturated carbocycles. The molecule has 0 amide bonds. The van der Waals surface area contributed by atoms with Crippen molar-refractivity contribution in [2.24, 2.45) is 10.9 Å². The molecule has 82 valence electrons. The number of aryl methyl sites for hydroxylation is 1. The van der Waals surface area contributed by atoms with Crippen molar-refractivity contribution in [1.82, 2.24) is 0 Å². The Morgan fingerprint density at radius 1 is 1.19 bits per heavy atom. The molecule has 0 fully saturated rings. The van der Waals surface area contributed by atoms with Crippen LogP contribution in [-0.4, -0.2) is 12.0 Å². The summed E-state index contributed by atoms with van der Waals surface area (Å²) >= 11 is 0. The highest BCUT2D eigenvalue weighted by Crippen LogP contribution is 2.13. The normalized spacial score (nSPS) is 19.1. The molecule has 0 aromatic heterocycles. The standard InChI is InChI=1S/C14H15NO/c1-2-11-3-5-12(6-4-11)9-13-10-15-8-7-14(13)16/h3-8,10,13H,2,9H2,1H3. The van der Waals surface area contributed by atoms with Crippen LogP contribution in [0.5, 0.6) is 0 Å². The number of hydrogen-bond acceptors (Lipinski definition) is 2. The third kappa shape index (κ3) is 2.45. The number of carbonyl (C=O) groups is 1. The first-order chi connectivity index (χ1) is 7.79. The Morgan fingerprint density at radius 3 is 2.50 bits per heavy atom. The molecule has 1 heterocycles. The van der Waals surface area contributed by atoms with E-state index in [9.17, 15) is 4.79 Å². The van der Waals surface area contributed by atoms with Gasteiger partial charge in [0.1, 0.15) is 0 Å². The second kappa shape index (κ2) is 4.88. The number of rotatable bonds is 3. The van der Waals surface area contributed by atoms with E-state index in [1.165, 1.54) is 11.1 Å². The second-order valence-corrected chi connectivity index (χ2v) is 4.00. The summed E-state index contributed by atoms with van der Waals surface area (Å²) in [7, 11) is 0. The van der Waals surface area contributed by atoms with E-state index in [1.54, 1.807) is 18.5 Å². The van der Waals surface area contributed by atoms with Crippen molar-refractivity contribution < 1.29 is 4.79 Å². The number of aliphatic imine (C=N–C) groups is 1. The molecule has 1 unspecified atom stereocenters. The molecule has 0 saturated heterocycles. The summed E-state index contributed by atoms with van der Waals surface area (Å²) in [6, 6.07) is 8.43. The number of allylic oxidation sites excluding steroid dienone is 1. The summed E-state index contributed by atoms with van der Waals surface area (Å²) in [5.74, 6) is 0.0621. The van der Waals surface area contributed by atoms with Crippen LogP contribution in [0.3, 0.4) is 0 Å². The number of benzene rings is 1. The Balaban J connectivity index is 2.06. The summed E-state index contributed by atoms with van der Waals surface area (Å²) in [6.07, 6.45) is 6.63. The lowest BCUT2D eigenvalue weighted by molar-refractivity contribution is -0.116.